The van der Waals surface area contributed by atoms with E-state index in [9.17, 15) is 0 Å². The molecule has 2 aromatic heterocycles. The van der Waals surface area contributed by atoms with Crippen LogP contribution in [0, 0.1) is 0 Å². The molecule has 1 saturated heterocycles. The average Bonchev–Trinajstić information content (AvgIpc) is 3.05. The smallest absolute Gasteiger partial charge is 0.276 e. The molecule has 0 amide bonds. The highest BCUT2D eigenvalue weighted by molar-refractivity contribution is 5.80. The van der Waals surface area contributed by atoms with Crippen LogP contribution in [0.25, 0.3) is 22.5 Å². The van der Waals surface area contributed by atoms with Crippen molar-refractivity contribution in [1.82, 2.24) is 20.4 Å². The normalized spacial score (nSPS) is 19.0. The first-order chi connectivity index (χ1) is 10.4. The van der Waals surface area contributed by atoms with Crippen molar-refractivity contribution in [3.8, 4) is 11.6 Å². The summed E-state index contributed by atoms with van der Waals surface area (Å²) >= 11 is 0. The largest absolute Gasteiger partial charge is 0.378 e. The lowest BCUT2D eigenvalue weighted by atomic mass is 10.2. The number of hydrogen-bond donors (Lipinski definition) is 1. The van der Waals surface area contributed by atoms with Gasteiger partial charge >= 0.3 is 0 Å². The number of fused-ring (bicyclic) bond motifs is 1. The molecule has 21 heavy (non-hydrogen) atoms. The summed E-state index contributed by atoms with van der Waals surface area (Å²) in [7, 11) is 0. The van der Waals surface area contributed by atoms with E-state index >= 15 is 0 Å². The number of ether oxygens (including phenoxy) is 1. The molecular formula is C15H14N4O2. The molecule has 6 nitrogen and oxygen atoms in total. The van der Waals surface area contributed by atoms with Crippen LogP contribution in [0.1, 0.15) is 11.9 Å². The summed E-state index contributed by atoms with van der Waals surface area (Å²) in [6, 6.07) is 11.8. The minimum absolute atomic E-state index is 0.0169. The van der Waals surface area contributed by atoms with Crippen molar-refractivity contribution in [1.29, 1.82) is 0 Å². The second-order valence-electron chi connectivity index (χ2n) is 4.93. The van der Waals surface area contributed by atoms with E-state index in [2.05, 4.69) is 20.4 Å². The lowest BCUT2D eigenvalue weighted by molar-refractivity contribution is 0.0734. The van der Waals surface area contributed by atoms with Crippen molar-refractivity contribution in [2.24, 2.45) is 0 Å². The fraction of sp³-hybridized carbons (Fsp3) is 0.267. The van der Waals surface area contributed by atoms with Gasteiger partial charge in [0.05, 0.1) is 24.8 Å². The van der Waals surface area contributed by atoms with Gasteiger partial charge in [-0.25, -0.2) is 4.98 Å². The van der Waals surface area contributed by atoms with E-state index in [1.54, 1.807) is 0 Å². The number of morpholine rings is 1. The first kappa shape index (κ1) is 12.4. The minimum atomic E-state index is -0.0169. The molecule has 1 unspecified atom stereocenters. The van der Waals surface area contributed by atoms with E-state index in [4.69, 9.17) is 9.26 Å². The summed E-state index contributed by atoms with van der Waals surface area (Å²) in [5, 5.41) is 8.41. The Hall–Kier alpha value is -2.31. The molecule has 1 aliphatic heterocycles. The first-order valence-corrected chi connectivity index (χ1v) is 6.91. The Balaban J connectivity index is 1.67. The highest BCUT2D eigenvalue weighted by atomic mass is 16.5. The number of nitrogens with one attached hydrogen (secondary N) is 1. The Bertz CT molecular complexity index is 765. The average molecular weight is 282 g/mol. The zero-order valence-corrected chi connectivity index (χ0v) is 11.3. The molecule has 6 heteroatoms. The van der Waals surface area contributed by atoms with Gasteiger partial charge in [0.25, 0.3) is 5.89 Å². The monoisotopic (exact) mass is 282 g/mol. The summed E-state index contributed by atoms with van der Waals surface area (Å²) < 4.78 is 10.7. The molecule has 1 N–H and O–H groups in total. The van der Waals surface area contributed by atoms with Gasteiger partial charge < -0.3 is 14.6 Å². The molecule has 3 aromatic rings. The van der Waals surface area contributed by atoms with Crippen LogP contribution in [0.4, 0.5) is 0 Å². The second-order valence-corrected chi connectivity index (χ2v) is 4.93. The highest BCUT2D eigenvalue weighted by Gasteiger charge is 2.21. The number of nitrogens with zero attached hydrogens (tertiary/aromatic N) is 3. The van der Waals surface area contributed by atoms with Gasteiger partial charge in [-0.15, -0.1) is 0 Å². The zero-order valence-electron chi connectivity index (χ0n) is 11.3. The van der Waals surface area contributed by atoms with Gasteiger partial charge in [0, 0.05) is 11.9 Å². The van der Waals surface area contributed by atoms with Gasteiger partial charge in [0.2, 0.25) is 0 Å². The molecule has 3 heterocycles. The van der Waals surface area contributed by atoms with E-state index in [-0.39, 0.29) is 6.04 Å². The van der Waals surface area contributed by atoms with Crippen LogP contribution in [0.15, 0.2) is 40.9 Å². The number of pyridine rings is 1. The standard InChI is InChI=1S/C15H14N4O2/c1-2-4-11-10(3-1)5-6-12(17-11)15-18-14(19-21-15)13-9-20-8-7-16-13/h1-6,13,16H,7-9H2. The van der Waals surface area contributed by atoms with E-state index in [1.165, 1.54) is 0 Å². The fourth-order valence-electron chi connectivity index (χ4n) is 2.40. The maximum Gasteiger partial charge on any atom is 0.276 e. The van der Waals surface area contributed by atoms with Crippen molar-refractivity contribution in [3.05, 3.63) is 42.2 Å². The van der Waals surface area contributed by atoms with Gasteiger partial charge in [0.15, 0.2) is 5.82 Å². The van der Waals surface area contributed by atoms with Crippen LogP contribution in [0.5, 0.6) is 0 Å². The molecule has 0 radical (unpaired) electrons. The number of benzene rings is 1. The van der Waals surface area contributed by atoms with E-state index < -0.39 is 0 Å². The molecule has 1 aliphatic rings. The molecule has 0 aliphatic carbocycles. The molecule has 0 spiro atoms. The lowest BCUT2D eigenvalue weighted by Crippen LogP contribution is -2.35. The number of hydrogen-bond acceptors (Lipinski definition) is 6. The van der Waals surface area contributed by atoms with Crippen molar-refractivity contribution >= 4 is 10.9 Å². The zero-order chi connectivity index (χ0) is 14.1. The fourth-order valence-corrected chi connectivity index (χ4v) is 2.40. The summed E-state index contributed by atoms with van der Waals surface area (Å²) in [6.07, 6.45) is 0. The van der Waals surface area contributed by atoms with E-state index in [0.717, 1.165) is 17.4 Å². The lowest BCUT2D eigenvalue weighted by Gasteiger charge is -2.20. The third kappa shape index (κ3) is 2.39. The van der Waals surface area contributed by atoms with Gasteiger partial charge in [0.1, 0.15) is 5.69 Å². The Morgan fingerprint density at radius 3 is 2.95 bits per heavy atom. The van der Waals surface area contributed by atoms with Crippen LogP contribution in [-0.2, 0) is 4.74 Å². The summed E-state index contributed by atoms with van der Waals surface area (Å²) in [4.78, 5) is 8.98. The van der Waals surface area contributed by atoms with Crippen LogP contribution >= 0.6 is 0 Å². The van der Waals surface area contributed by atoms with Crippen molar-refractivity contribution in [3.63, 3.8) is 0 Å². The second kappa shape index (κ2) is 5.23. The molecule has 4 rings (SSSR count). The highest BCUT2D eigenvalue weighted by Crippen LogP contribution is 2.21. The van der Waals surface area contributed by atoms with E-state index in [1.807, 2.05) is 36.4 Å². The third-order valence-corrected chi connectivity index (χ3v) is 3.49. The summed E-state index contributed by atoms with van der Waals surface area (Å²) in [6.45, 7) is 2.07. The van der Waals surface area contributed by atoms with Gasteiger partial charge in [-0.1, -0.05) is 29.4 Å². The number of rotatable bonds is 2. The predicted octanol–water partition coefficient (Wildman–Crippen LogP) is 1.95. The van der Waals surface area contributed by atoms with Gasteiger partial charge in [-0.2, -0.15) is 4.98 Å². The van der Waals surface area contributed by atoms with Crippen LogP contribution in [0.2, 0.25) is 0 Å². The first-order valence-electron chi connectivity index (χ1n) is 6.91. The molecule has 0 bridgehead atoms. The number of aromatic nitrogens is 3. The van der Waals surface area contributed by atoms with E-state index in [0.29, 0.717) is 30.6 Å². The molecule has 1 atom stereocenters. The predicted molar refractivity (Wildman–Crippen MR) is 76.6 cm³/mol. The third-order valence-electron chi connectivity index (χ3n) is 3.49. The molecular weight excluding hydrogens is 268 g/mol. The minimum Gasteiger partial charge on any atom is -0.378 e. The van der Waals surface area contributed by atoms with Gasteiger partial charge in [-0.3, -0.25) is 0 Å². The topological polar surface area (TPSA) is 73.1 Å². The van der Waals surface area contributed by atoms with Crippen LogP contribution < -0.4 is 5.32 Å². The Morgan fingerprint density at radius 2 is 2.05 bits per heavy atom. The molecule has 0 saturated carbocycles. The van der Waals surface area contributed by atoms with Crippen LogP contribution in [0.3, 0.4) is 0 Å². The summed E-state index contributed by atoms with van der Waals surface area (Å²) in [5.74, 6) is 1.04. The number of para-hydroxylation sites is 1. The Kier molecular flexibility index (Phi) is 3.10. The van der Waals surface area contributed by atoms with Crippen LogP contribution in [-0.4, -0.2) is 34.9 Å². The van der Waals surface area contributed by atoms with Gasteiger partial charge in [-0.05, 0) is 12.1 Å². The molecule has 1 aromatic carbocycles. The summed E-state index contributed by atoms with van der Waals surface area (Å²) in [5.41, 5.74) is 1.60. The Morgan fingerprint density at radius 1 is 1.10 bits per heavy atom. The maximum atomic E-state index is 5.41. The Labute approximate surface area is 121 Å². The van der Waals surface area contributed by atoms with Crippen molar-refractivity contribution < 1.29 is 9.26 Å². The molecule has 106 valence electrons. The maximum absolute atomic E-state index is 5.41. The molecule has 1 fully saturated rings. The van der Waals surface area contributed by atoms with Crippen molar-refractivity contribution in [2.45, 2.75) is 6.04 Å². The van der Waals surface area contributed by atoms with Crippen molar-refractivity contribution in [2.75, 3.05) is 19.8 Å². The quantitative estimate of drug-likeness (QED) is 0.774. The SMILES string of the molecule is c1ccc2nc(-c3nc(C4COCCN4)no3)ccc2c1.